The molecule has 1 heterocycles. The van der Waals surface area contributed by atoms with E-state index in [-0.39, 0.29) is 5.54 Å². The van der Waals surface area contributed by atoms with E-state index in [1.807, 2.05) is 12.1 Å². The molecular formula is C19H23NO2S. The Morgan fingerprint density at radius 2 is 1.65 bits per heavy atom. The lowest BCUT2D eigenvalue weighted by molar-refractivity contribution is 0.408. The molecule has 3 nitrogen and oxygen atoms in total. The van der Waals surface area contributed by atoms with E-state index in [1.54, 1.807) is 12.1 Å². The third-order valence-corrected chi connectivity index (χ3v) is 5.77. The van der Waals surface area contributed by atoms with Gasteiger partial charge in [-0.05, 0) is 62.1 Å². The summed E-state index contributed by atoms with van der Waals surface area (Å²) in [5, 5.41) is 0. The molecule has 0 spiro atoms. The second-order valence-electron chi connectivity index (χ2n) is 7.08. The van der Waals surface area contributed by atoms with Gasteiger partial charge in [-0.2, -0.15) is 0 Å². The summed E-state index contributed by atoms with van der Waals surface area (Å²) in [5.74, 6) is 0.507. The number of anilines is 2. The van der Waals surface area contributed by atoms with Crippen molar-refractivity contribution in [2.75, 3.05) is 11.2 Å². The average molecular weight is 329 g/mol. The molecule has 0 aromatic heterocycles. The van der Waals surface area contributed by atoms with Gasteiger partial charge in [-0.25, -0.2) is 8.42 Å². The minimum atomic E-state index is -3.17. The smallest absolute Gasteiger partial charge is 0.175 e. The normalized spacial score (nSPS) is 20.2. The van der Waals surface area contributed by atoms with Crippen LogP contribution < -0.4 is 4.90 Å². The van der Waals surface area contributed by atoms with E-state index in [0.29, 0.717) is 10.8 Å². The van der Waals surface area contributed by atoms with E-state index in [2.05, 4.69) is 49.9 Å². The number of para-hydroxylation sites is 1. The molecule has 1 aliphatic heterocycles. The zero-order valence-electron chi connectivity index (χ0n) is 14.1. The van der Waals surface area contributed by atoms with E-state index in [4.69, 9.17) is 0 Å². The molecule has 0 saturated carbocycles. The minimum absolute atomic E-state index is 0.0274. The molecule has 0 N–H and O–H groups in total. The van der Waals surface area contributed by atoms with E-state index < -0.39 is 9.84 Å². The Balaban J connectivity index is 2.12. The summed E-state index contributed by atoms with van der Waals surface area (Å²) < 4.78 is 23.4. The van der Waals surface area contributed by atoms with Crippen LogP contribution in [0.4, 0.5) is 11.4 Å². The second-order valence-corrected chi connectivity index (χ2v) is 9.09. The molecule has 1 aliphatic rings. The lowest BCUT2D eigenvalue weighted by Crippen LogP contribution is -2.45. The van der Waals surface area contributed by atoms with Gasteiger partial charge in [0.2, 0.25) is 0 Å². The van der Waals surface area contributed by atoms with Gasteiger partial charge in [0, 0.05) is 23.2 Å². The third-order valence-electron chi connectivity index (χ3n) is 4.64. The Bertz CT molecular complexity index is 823. The van der Waals surface area contributed by atoms with Crippen molar-refractivity contribution in [3.8, 4) is 0 Å². The first kappa shape index (κ1) is 16.1. The van der Waals surface area contributed by atoms with Crippen LogP contribution in [0.3, 0.4) is 0 Å². The highest BCUT2D eigenvalue weighted by atomic mass is 32.2. The summed E-state index contributed by atoms with van der Waals surface area (Å²) in [6, 6.07) is 15.7. The molecule has 3 rings (SSSR count). The number of hydrogen-bond acceptors (Lipinski definition) is 3. The first-order valence-electron chi connectivity index (χ1n) is 7.89. The van der Waals surface area contributed by atoms with Crippen LogP contribution in [0, 0.1) is 0 Å². The van der Waals surface area contributed by atoms with Crippen molar-refractivity contribution in [3.05, 3.63) is 54.1 Å². The molecule has 122 valence electrons. The largest absolute Gasteiger partial charge is 0.336 e. The number of benzene rings is 2. The van der Waals surface area contributed by atoms with Gasteiger partial charge >= 0.3 is 0 Å². The van der Waals surface area contributed by atoms with E-state index in [9.17, 15) is 8.42 Å². The summed E-state index contributed by atoms with van der Waals surface area (Å²) in [4.78, 5) is 2.69. The van der Waals surface area contributed by atoms with Crippen LogP contribution in [0.5, 0.6) is 0 Å². The van der Waals surface area contributed by atoms with Gasteiger partial charge in [-0.3, -0.25) is 0 Å². The number of sulfone groups is 1. The highest BCUT2D eigenvalue weighted by molar-refractivity contribution is 7.90. The Labute approximate surface area is 138 Å². The van der Waals surface area contributed by atoms with Crippen molar-refractivity contribution in [2.45, 2.75) is 43.5 Å². The summed E-state index contributed by atoms with van der Waals surface area (Å²) >= 11 is 0. The summed E-state index contributed by atoms with van der Waals surface area (Å²) in [6.45, 7) is 6.75. The number of rotatable bonds is 2. The number of fused-ring (bicyclic) bond motifs is 1. The van der Waals surface area contributed by atoms with E-state index in [0.717, 1.165) is 12.1 Å². The monoisotopic (exact) mass is 329 g/mol. The molecule has 0 saturated heterocycles. The predicted molar refractivity (Wildman–Crippen MR) is 95.2 cm³/mol. The van der Waals surface area contributed by atoms with Crippen molar-refractivity contribution in [1.29, 1.82) is 0 Å². The molecule has 0 amide bonds. The second kappa shape index (κ2) is 5.38. The molecule has 1 atom stereocenters. The Morgan fingerprint density at radius 1 is 1.04 bits per heavy atom. The van der Waals surface area contributed by atoms with Crippen LogP contribution in [0.25, 0.3) is 0 Å². The molecule has 23 heavy (non-hydrogen) atoms. The van der Waals surface area contributed by atoms with Crippen molar-refractivity contribution < 1.29 is 8.42 Å². The lowest BCUT2D eigenvalue weighted by Gasteiger charge is -2.47. The molecule has 4 heteroatoms. The maximum atomic E-state index is 11.7. The highest BCUT2D eigenvalue weighted by Gasteiger charge is 2.36. The van der Waals surface area contributed by atoms with E-state index in [1.165, 1.54) is 17.5 Å². The topological polar surface area (TPSA) is 37.4 Å². The van der Waals surface area contributed by atoms with Gasteiger partial charge in [0.1, 0.15) is 0 Å². The molecule has 0 radical (unpaired) electrons. The van der Waals surface area contributed by atoms with Crippen molar-refractivity contribution in [1.82, 2.24) is 0 Å². The molecule has 1 unspecified atom stereocenters. The zero-order chi connectivity index (χ0) is 16.8. The van der Waals surface area contributed by atoms with Gasteiger partial charge < -0.3 is 4.90 Å². The first-order valence-corrected chi connectivity index (χ1v) is 9.78. The van der Waals surface area contributed by atoms with Gasteiger partial charge in [-0.15, -0.1) is 0 Å². The Hall–Kier alpha value is -1.81. The lowest BCUT2D eigenvalue weighted by atomic mass is 9.80. The van der Waals surface area contributed by atoms with Gasteiger partial charge in [0.05, 0.1) is 4.90 Å². The molecule has 0 aliphatic carbocycles. The average Bonchev–Trinajstić information content (AvgIpc) is 2.46. The van der Waals surface area contributed by atoms with E-state index >= 15 is 0 Å². The maximum Gasteiger partial charge on any atom is 0.175 e. The molecule has 2 aromatic rings. The summed E-state index contributed by atoms with van der Waals surface area (Å²) in [7, 11) is -3.17. The van der Waals surface area contributed by atoms with Gasteiger partial charge in [-0.1, -0.05) is 25.1 Å². The fourth-order valence-electron chi connectivity index (χ4n) is 3.72. The quantitative estimate of drug-likeness (QED) is 0.813. The minimum Gasteiger partial charge on any atom is -0.336 e. The highest BCUT2D eigenvalue weighted by Crippen LogP contribution is 2.47. The number of hydrogen-bond donors (Lipinski definition) is 0. The van der Waals surface area contributed by atoms with Crippen molar-refractivity contribution >= 4 is 21.2 Å². The number of nitrogens with zero attached hydrogens (tertiary/aromatic N) is 1. The fourth-order valence-corrected chi connectivity index (χ4v) is 4.35. The maximum absolute atomic E-state index is 11.7. The zero-order valence-corrected chi connectivity index (χ0v) is 14.9. The van der Waals surface area contributed by atoms with Crippen LogP contribution in [0.1, 0.15) is 38.7 Å². The van der Waals surface area contributed by atoms with Crippen LogP contribution in [-0.4, -0.2) is 20.2 Å². The SMILES string of the molecule is CC1CC(C)(C)N(c2ccc(S(C)(=O)=O)cc2)c2ccccc21. The standard InChI is InChI=1S/C19H23NO2S/c1-14-13-19(2,3)20(18-8-6-5-7-17(14)18)15-9-11-16(12-10-15)23(4,21)22/h5-12,14H,13H2,1-4H3. The summed E-state index contributed by atoms with van der Waals surface area (Å²) in [5.41, 5.74) is 3.56. The Kier molecular flexibility index (Phi) is 3.75. The fraction of sp³-hybridized carbons (Fsp3) is 0.368. The summed E-state index contributed by atoms with van der Waals surface area (Å²) in [6.07, 6.45) is 2.29. The Morgan fingerprint density at radius 3 is 2.26 bits per heavy atom. The van der Waals surface area contributed by atoms with Crippen LogP contribution in [0.2, 0.25) is 0 Å². The van der Waals surface area contributed by atoms with Gasteiger partial charge in [0.15, 0.2) is 9.84 Å². The molecular weight excluding hydrogens is 306 g/mol. The molecule has 0 bridgehead atoms. The first-order chi connectivity index (χ1) is 10.7. The van der Waals surface area contributed by atoms with Crippen molar-refractivity contribution in [3.63, 3.8) is 0 Å². The van der Waals surface area contributed by atoms with Gasteiger partial charge in [0.25, 0.3) is 0 Å². The van der Waals surface area contributed by atoms with Crippen LogP contribution >= 0.6 is 0 Å². The van der Waals surface area contributed by atoms with Crippen molar-refractivity contribution in [2.24, 2.45) is 0 Å². The molecule has 2 aromatic carbocycles. The van der Waals surface area contributed by atoms with Crippen LogP contribution in [0.15, 0.2) is 53.4 Å². The van der Waals surface area contributed by atoms with Crippen LogP contribution in [-0.2, 0) is 9.84 Å². The predicted octanol–water partition coefficient (Wildman–Crippen LogP) is 4.51. The molecule has 0 fully saturated rings. The third kappa shape index (κ3) is 2.88.